The van der Waals surface area contributed by atoms with E-state index in [0.29, 0.717) is 0 Å². The van der Waals surface area contributed by atoms with E-state index < -0.39 is 0 Å². The molecule has 0 N–H and O–H groups in total. The minimum absolute atomic E-state index is 0.0876. The zero-order chi connectivity index (χ0) is 19.3. The Morgan fingerprint density at radius 3 is 2.48 bits per heavy atom. The molecule has 0 saturated carbocycles. The fourth-order valence-electron chi connectivity index (χ4n) is 2.91. The van der Waals surface area contributed by atoms with Gasteiger partial charge in [0, 0.05) is 41.2 Å². The third-order valence-corrected chi connectivity index (χ3v) is 5.07. The number of aliphatic imine (C=N–C) groups is 1. The Bertz CT molecular complexity index is 996. The molecule has 0 saturated heterocycles. The molecule has 0 aliphatic carbocycles. The number of fused-ring (bicyclic) bond motifs is 1. The number of aryl methyl sites for hydroxylation is 1. The van der Waals surface area contributed by atoms with E-state index in [1.807, 2.05) is 36.5 Å². The quantitative estimate of drug-likeness (QED) is 0.262. The van der Waals surface area contributed by atoms with Gasteiger partial charge in [-0.15, -0.1) is 0 Å². The highest BCUT2D eigenvalue weighted by Crippen LogP contribution is 2.30. The molecule has 0 bridgehead atoms. The first-order chi connectivity index (χ1) is 13.0. The van der Waals surface area contributed by atoms with Crippen molar-refractivity contribution >= 4 is 33.0 Å². The number of para-hydroxylation sites is 1. The molecule has 3 heteroatoms. The molecule has 0 fully saturated rings. The summed E-state index contributed by atoms with van der Waals surface area (Å²) in [6, 6.07) is 18.7. The molecule has 0 unspecified atom stereocenters. The van der Waals surface area contributed by atoms with Crippen LogP contribution in [0.3, 0.4) is 0 Å². The lowest BCUT2D eigenvalue weighted by Gasteiger charge is -2.10. The second-order valence-electron chi connectivity index (χ2n) is 7.57. The van der Waals surface area contributed by atoms with E-state index in [1.54, 1.807) is 0 Å². The third kappa shape index (κ3) is 5.11. The summed E-state index contributed by atoms with van der Waals surface area (Å²) in [6.45, 7) is 7.26. The minimum atomic E-state index is -0.0876. The van der Waals surface area contributed by atoms with Crippen molar-refractivity contribution in [1.29, 1.82) is 0 Å². The zero-order valence-corrected chi connectivity index (χ0v) is 17.8. The number of hydrogen-bond donors (Lipinski definition) is 0. The second kappa shape index (κ2) is 8.59. The van der Waals surface area contributed by atoms with Crippen molar-refractivity contribution in [2.24, 2.45) is 4.99 Å². The van der Waals surface area contributed by atoms with Gasteiger partial charge in [-0.3, -0.25) is 4.99 Å². The van der Waals surface area contributed by atoms with Gasteiger partial charge in [-0.1, -0.05) is 48.2 Å². The third-order valence-electron chi connectivity index (χ3n) is 4.22. The number of hydrogen-bond acceptors (Lipinski definition) is 1. The van der Waals surface area contributed by atoms with Crippen LogP contribution in [-0.4, -0.2) is 16.3 Å². The highest BCUT2D eigenvalue weighted by Gasteiger charge is 2.14. The van der Waals surface area contributed by atoms with Gasteiger partial charge in [0.1, 0.15) is 0 Å². The Kier molecular flexibility index (Phi) is 6.19. The Labute approximate surface area is 170 Å². The molecule has 27 heavy (non-hydrogen) atoms. The molecule has 2 aromatic carbocycles. The lowest BCUT2D eigenvalue weighted by Crippen LogP contribution is -2.09. The minimum Gasteiger partial charge on any atom is -0.335 e. The predicted octanol–water partition coefficient (Wildman–Crippen LogP) is 6.45. The fourth-order valence-corrected chi connectivity index (χ4v) is 3.59. The first-order valence-electron chi connectivity index (χ1n) is 9.31. The van der Waals surface area contributed by atoms with Gasteiger partial charge in [0.05, 0.1) is 10.1 Å². The van der Waals surface area contributed by atoms with Crippen LogP contribution < -0.4 is 0 Å². The number of halogens is 1. The first kappa shape index (κ1) is 19.5. The Morgan fingerprint density at radius 2 is 1.74 bits per heavy atom. The second-order valence-corrected chi connectivity index (χ2v) is 8.32. The maximum atomic E-state index is 4.70. The molecule has 0 atom stereocenters. The Morgan fingerprint density at radius 1 is 1.04 bits per heavy atom. The van der Waals surface area contributed by atoms with Gasteiger partial charge in [-0.05, 0) is 61.3 Å². The molecule has 0 aliphatic rings. The average molecular weight is 421 g/mol. The number of benzene rings is 2. The van der Waals surface area contributed by atoms with Crippen LogP contribution in [-0.2, 0) is 6.54 Å². The smallest absolute Gasteiger partial charge is 0.0946 e. The van der Waals surface area contributed by atoms with E-state index >= 15 is 0 Å². The number of aromatic nitrogens is 1. The van der Waals surface area contributed by atoms with Crippen molar-refractivity contribution < 1.29 is 0 Å². The maximum absolute atomic E-state index is 4.70. The number of rotatable bonds is 4. The standard InChI is InChI=1S/C24H25BrN2/c1-24(2,3)26-18-21-20-15-9-10-16-22(20)27(23(21)25)17-11-5-8-14-19-12-6-4-7-13-19/h4,6-7,9-10,12-13,15-16,18H,5,11,17H2,1-3H3. The van der Waals surface area contributed by atoms with Crippen LogP contribution in [0.5, 0.6) is 0 Å². The summed E-state index contributed by atoms with van der Waals surface area (Å²) < 4.78 is 3.41. The molecular weight excluding hydrogens is 396 g/mol. The Balaban J connectivity index is 1.78. The highest BCUT2D eigenvalue weighted by atomic mass is 79.9. The maximum Gasteiger partial charge on any atom is 0.0946 e. The van der Waals surface area contributed by atoms with Gasteiger partial charge >= 0.3 is 0 Å². The van der Waals surface area contributed by atoms with Crippen molar-refractivity contribution in [3.63, 3.8) is 0 Å². The van der Waals surface area contributed by atoms with Crippen LogP contribution in [0.1, 0.15) is 44.7 Å². The molecule has 3 aromatic rings. The lowest BCUT2D eigenvalue weighted by molar-refractivity contribution is 0.586. The van der Waals surface area contributed by atoms with Crippen LogP contribution in [0, 0.1) is 11.8 Å². The van der Waals surface area contributed by atoms with Crippen LogP contribution in [0.25, 0.3) is 10.9 Å². The van der Waals surface area contributed by atoms with Gasteiger partial charge in [0.15, 0.2) is 0 Å². The lowest BCUT2D eigenvalue weighted by atomic mass is 10.1. The van der Waals surface area contributed by atoms with E-state index in [1.165, 1.54) is 10.9 Å². The van der Waals surface area contributed by atoms with Crippen molar-refractivity contribution in [3.05, 3.63) is 70.3 Å². The summed E-state index contributed by atoms with van der Waals surface area (Å²) in [5.74, 6) is 6.52. The molecule has 138 valence electrons. The monoisotopic (exact) mass is 420 g/mol. The first-order valence-corrected chi connectivity index (χ1v) is 10.1. The van der Waals surface area contributed by atoms with Gasteiger partial charge in [-0.25, -0.2) is 0 Å². The van der Waals surface area contributed by atoms with Crippen LogP contribution in [0.2, 0.25) is 0 Å². The average Bonchev–Trinajstić information content (AvgIpc) is 2.91. The van der Waals surface area contributed by atoms with Crippen LogP contribution >= 0.6 is 15.9 Å². The van der Waals surface area contributed by atoms with Crippen molar-refractivity contribution in [1.82, 2.24) is 4.57 Å². The SMILES string of the molecule is CC(C)(C)N=Cc1c(Br)n(CCCC#Cc2ccccc2)c2ccccc12. The van der Waals surface area contributed by atoms with Crippen molar-refractivity contribution in [2.75, 3.05) is 0 Å². The number of unbranched alkanes of at least 4 members (excludes halogenated alkanes) is 1. The summed E-state index contributed by atoms with van der Waals surface area (Å²) >= 11 is 3.80. The van der Waals surface area contributed by atoms with Crippen molar-refractivity contribution in [2.45, 2.75) is 45.7 Å². The predicted molar refractivity (Wildman–Crippen MR) is 120 cm³/mol. The van der Waals surface area contributed by atoms with Crippen LogP contribution in [0.4, 0.5) is 0 Å². The summed E-state index contributed by atoms with van der Waals surface area (Å²) in [4.78, 5) is 4.70. The molecule has 0 aliphatic heterocycles. The topological polar surface area (TPSA) is 17.3 Å². The van der Waals surface area contributed by atoms with E-state index in [9.17, 15) is 0 Å². The van der Waals surface area contributed by atoms with Gasteiger partial charge in [-0.2, -0.15) is 0 Å². The summed E-state index contributed by atoms with van der Waals surface area (Å²) in [5, 5.41) is 1.23. The van der Waals surface area contributed by atoms with Crippen LogP contribution in [0.15, 0.2) is 64.2 Å². The van der Waals surface area contributed by atoms with E-state index in [4.69, 9.17) is 4.99 Å². The van der Waals surface area contributed by atoms with Gasteiger partial charge in [0.25, 0.3) is 0 Å². The molecule has 0 radical (unpaired) electrons. The van der Waals surface area contributed by atoms with E-state index in [0.717, 1.165) is 35.1 Å². The molecule has 0 spiro atoms. The van der Waals surface area contributed by atoms with E-state index in [-0.39, 0.29) is 5.54 Å². The number of nitrogens with zero attached hydrogens (tertiary/aromatic N) is 2. The highest BCUT2D eigenvalue weighted by molar-refractivity contribution is 9.10. The zero-order valence-electron chi connectivity index (χ0n) is 16.2. The molecule has 1 heterocycles. The molecule has 2 nitrogen and oxygen atoms in total. The molecule has 1 aromatic heterocycles. The summed E-state index contributed by atoms with van der Waals surface area (Å²) in [6.07, 6.45) is 3.88. The van der Waals surface area contributed by atoms with Crippen molar-refractivity contribution in [3.8, 4) is 11.8 Å². The largest absolute Gasteiger partial charge is 0.335 e. The summed E-state index contributed by atoms with van der Waals surface area (Å²) in [7, 11) is 0. The fraction of sp³-hybridized carbons (Fsp3) is 0.292. The molecule has 0 amide bonds. The van der Waals surface area contributed by atoms with E-state index in [2.05, 4.69) is 77.4 Å². The van der Waals surface area contributed by atoms with Gasteiger partial charge in [0.2, 0.25) is 0 Å². The Hall–Kier alpha value is -2.31. The summed E-state index contributed by atoms with van der Waals surface area (Å²) in [5.41, 5.74) is 3.37. The molecular formula is C24H25BrN2. The van der Waals surface area contributed by atoms with Gasteiger partial charge < -0.3 is 4.57 Å². The normalized spacial score (nSPS) is 11.7. The molecule has 3 rings (SSSR count).